The fraction of sp³-hybridized carbons (Fsp3) is 0.364. The number of anilines is 1. The molecule has 3 aromatic heterocycles. The number of carbonyl (C=O) groups excluding carboxylic acids is 1. The summed E-state index contributed by atoms with van der Waals surface area (Å²) in [5.41, 5.74) is 0.768. The number of fused-ring (bicyclic) bond motifs is 1. The molecule has 0 spiro atoms. The molecule has 1 aliphatic rings. The Morgan fingerprint density at radius 2 is 2.06 bits per heavy atom. The minimum atomic E-state index is -0.410. The third-order valence-corrected chi connectivity index (χ3v) is 6.71. The fourth-order valence-electron chi connectivity index (χ4n) is 4.04. The van der Waals surface area contributed by atoms with Crippen molar-refractivity contribution < 1.29 is 13.7 Å². The van der Waals surface area contributed by atoms with Gasteiger partial charge in [0.1, 0.15) is 11.9 Å². The lowest BCUT2D eigenvalue weighted by Gasteiger charge is -2.23. The van der Waals surface area contributed by atoms with Crippen LogP contribution in [0.5, 0.6) is 0 Å². The molecule has 0 radical (unpaired) electrons. The van der Waals surface area contributed by atoms with Crippen LogP contribution in [0, 0.1) is 12.7 Å². The number of thiazole rings is 1. The van der Waals surface area contributed by atoms with Gasteiger partial charge in [0.15, 0.2) is 21.3 Å². The van der Waals surface area contributed by atoms with Gasteiger partial charge in [0.05, 0.1) is 0 Å². The predicted octanol–water partition coefficient (Wildman–Crippen LogP) is 2.66. The van der Waals surface area contributed by atoms with E-state index in [1.54, 1.807) is 19.1 Å². The number of amides is 1. The Morgan fingerprint density at radius 1 is 1.26 bits per heavy atom. The van der Waals surface area contributed by atoms with Gasteiger partial charge in [0.2, 0.25) is 11.7 Å². The molecular weight excluding hydrogens is 461 g/mol. The summed E-state index contributed by atoms with van der Waals surface area (Å²) in [5.74, 6) is 0.463. The smallest absolute Gasteiger partial charge is 0.294 e. The summed E-state index contributed by atoms with van der Waals surface area (Å²) < 4.78 is 19.8. The molecule has 1 amide bonds. The van der Waals surface area contributed by atoms with Crippen molar-refractivity contribution in [2.75, 3.05) is 11.4 Å². The molecule has 0 saturated carbocycles. The summed E-state index contributed by atoms with van der Waals surface area (Å²) in [6.07, 6.45) is 1.49. The van der Waals surface area contributed by atoms with Crippen molar-refractivity contribution in [1.82, 2.24) is 30.0 Å². The van der Waals surface area contributed by atoms with E-state index in [2.05, 4.69) is 25.4 Å². The second kappa shape index (κ2) is 8.93. The molecule has 1 fully saturated rings. The first-order chi connectivity index (χ1) is 16.4. The van der Waals surface area contributed by atoms with Gasteiger partial charge in [-0.1, -0.05) is 28.6 Å². The van der Waals surface area contributed by atoms with Crippen LogP contribution in [0.15, 0.2) is 33.6 Å². The van der Waals surface area contributed by atoms with Gasteiger partial charge in [0, 0.05) is 19.6 Å². The van der Waals surface area contributed by atoms with Crippen LogP contribution >= 0.6 is 11.3 Å². The van der Waals surface area contributed by atoms with Gasteiger partial charge in [-0.05, 0) is 44.4 Å². The third-order valence-electron chi connectivity index (χ3n) is 5.73. The zero-order chi connectivity index (χ0) is 23.8. The number of aryl methyl sites for hydroxylation is 1. The molecule has 1 aliphatic heterocycles. The van der Waals surface area contributed by atoms with E-state index >= 15 is 0 Å². The van der Waals surface area contributed by atoms with Crippen molar-refractivity contribution in [3.63, 3.8) is 0 Å². The first kappa shape index (κ1) is 22.1. The Labute approximate surface area is 197 Å². The molecule has 176 valence electrons. The van der Waals surface area contributed by atoms with Crippen molar-refractivity contribution in [1.29, 1.82) is 0 Å². The van der Waals surface area contributed by atoms with Gasteiger partial charge in [-0.15, -0.1) is 0 Å². The zero-order valence-corrected chi connectivity index (χ0v) is 19.4. The van der Waals surface area contributed by atoms with Crippen LogP contribution in [0.3, 0.4) is 0 Å². The van der Waals surface area contributed by atoms with Crippen molar-refractivity contribution in [2.24, 2.45) is 0 Å². The molecule has 34 heavy (non-hydrogen) atoms. The van der Waals surface area contributed by atoms with Gasteiger partial charge in [-0.2, -0.15) is 4.98 Å². The highest BCUT2D eigenvalue weighted by atomic mass is 32.1. The van der Waals surface area contributed by atoms with Crippen LogP contribution < -0.4 is 15.8 Å². The number of nitrogens with one attached hydrogen (secondary N) is 1. The van der Waals surface area contributed by atoms with Gasteiger partial charge in [0.25, 0.3) is 11.4 Å². The topological polar surface area (TPSA) is 119 Å². The monoisotopic (exact) mass is 483 g/mol. The second-order valence-electron chi connectivity index (χ2n) is 7.98. The minimum Gasteiger partial charge on any atom is -0.350 e. The van der Waals surface area contributed by atoms with Crippen molar-refractivity contribution in [3.05, 3.63) is 51.8 Å². The molecular formula is C22H22FN7O3S. The Morgan fingerprint density at radius 3 is 2.76 bits per heavy atom. The first-order valence-electron chi connectivity index (χ1n) is 11.0. The average molecular weight is 484 g/mol. The van der Waals surface area contributed by atoms with Crippen molar-refractivity contribution in [2.45, 2.75) is 45.8 Å². The van der Waals surface area contributed by atoms with Crippen molar-refractivity contribution >= 4 is 32.7 Å². The van der Waals surface area contributed by atoms with E-state index in [0.29, 0.717) is 47.7 Å². The summed E-state index contributed by atoms with van der Waals surface area (Å²) in [6, 6.07) is 5.60. The predicted molar refractivity (Wildman–Crippen MR) is 124 cm³/mol. The number of hydrogen-bond acceptors (Lipinski definition) is 9. The number of hydrogen-bond donors (Lipinski definition) is 1. The molecule has 5 rings (SSSR count). The van der Waals surface area contributed by atoms with Crippen LogP contribution in [-0.4, -0.2) is 43.2 Å². The Kier molecular flexibility index (Phi) is 5.82. The van der Waals surface area contributed by atoms with Crippen LogP contribution in [0.1, 0.15) is 31.2 Å². The molecule has 12 heteroatoms. The minimum absolute atomic E-state index is 0.137. The summed E-state index contributed by atoms with van der Waals surface area (Å²) in [7, 11) is 0. The zero-order valence-electron chi connectivity index (χ0n) is 18.6. The molecule has 1 aromatic carbocycles. The van der Waals surface area contributed by atoms with E-state index in [1.807, 2.05) is 11.8 Å². The van der Waals surface area contributed by atoms with E-state index in [-0.39, 0.29) is 28.7 Å². The molecule has 1 N–H and O–H groups in total. The molecule has 1 saturated heterocycles. The SMILES string of the molecule is CCn1c(-c2nc(C)no2)nc2sc(N3CCC[C@@H]3C(=O)NCc3ccc(F)cc3)nc2c1=O. The molecule has 4 heterocycles. The van der Waals surface area contributed by atoms with E-state index in [0.717, 1.165) is 12.0 Å². The number of nitrogens with zero attached hydrogens (tertiary/aromatic N) is 6. The highest BCUT2D eigenvalue weighted by Crippen LogP contribution is 2.32. The summed E-state index contributed by atoms with van der Waals surface area (Å²) >= 11 is 1.26. The molecule has 0 unspecified atom stereocenters. The molecule has 4 aromatic rings. The standard InChI is InChI=1S/C22H22FN7O3S/c1-3-29-17(19-25-12(2)28-33-19)27-20-16(21(29)32)26-22(34-20)30-10-4-5-15(30)18(31)24-11-13-6-8-14(23)9-7-13/h6-9,15H,3-5,10-11H2,1-2H3,(H,24,31)/t15-/m1/s1. The van der Waals surface area contributed by atoms with Gasteiger partial charge in [-0.25, -0.2) is 14.4 Å². The van der Waals surface area contributed by atoms with Gasteiger partial charge >= 0.3 is 0 Å². The van der Waals surface area contributed by atoms with Gasteiger partial charge in [-0.3, -0.25) is 14.2 Å². The lowest BCUT2D eigenvalue weighted by molar-refractivity contribution is -0.122. The average Bonchev–Trinajstić information content (AvgIpc) is 3.57. The van der Waals surface area contributed by atoms with E-state index in [9.17, 15) is 14.0 Å². The highest BCUT2D eigenvalue weighted by molar-refractivity contribution is 7.21. The molecule has 0 aliphatic carbocycles. The summed E-state index contributed by atoms with van der Waals surface area (Å²) in [5, 5.41) is 7.29. The number of carbonyl (C=O) groups is 1. The largest absolute Gasteiger partial charge is 0.350 e. The molecule has 1 atom stereocenters. The maximum atomic E-state index is 13.1. The van der Waals surface area contributed by atoms with E-state index in [1.165, 1.54) is 28.0 Å². The van der Waals surface area contributed by atoms with Crippen LogP contribution in [-0.2, 0) is 17.9 Å². The normalized spacial score (nSPS) is 15.9. The van der Waals surface area contributed by atoms with Gasteiger partial charge < -0.3 is 14.7 Å². The number of halogens is 1. The maximum Gasteiger partial charge on any atom is 0.294 e. The highest BCUT2D eigenvalue weighted by Gasteiger charge is 2.33. The second-order valence-corrected chi connectivity index (χ2v) is 8.93. The van der Waals surface area contributed by atoms with E-state index < -0.39 is 6.04 Å². The molecule has 0 bridgehead atoms. The maximum absolute atomic E-state index is 13.1. The number of benzene rings is 1. The summed E-state index contributed by atoms with van der Waals surface area (Å²) in [6.45, 7) is 4.84. The molecule has 10 nitrogen and oxygen atoms in total. The van der Waals surface area contributed by atoms with Crippen LogP contribution in [0.4, 0.5) is 9.52 Å². The first-order valence-corrected chi connectivity index (χ1v) is 11.8. The Hall–Kier alpha value is -3.67. The third kappa shape index (κ3) is 4.04. The van der Waals surface area contributed by atoms with Crippen LogP contribution in [0.2, 0.25) is 0 Å². The quantitative estimate of drug-likeness (QED) is 0.445. The fourth-order valence-corrected chi connectivity index (χ4v) is 5.05. The van der Waals surface area contributed by atoms with E-state index in [4.69, 9.17) is 4.52 Å². The Bertz CT molecular complexity index is 1410. The summed E-state index contributed by atoms with van der Waals surface area (Å²) in [4.78, 5) is 41.8. The lowest BCUT2D eigenvalue weighted by atomic mass is 10.2. The Balaban J connectivity index is 1.42. The number of aromatic nitrogens is 5. The van der Waals surface area contributed by atoms with Crippen LogP contribution in [0.25, 0.3) is 22.1 Å². The number of rotatable bonds is 6. The van der Waals surface area contributed by atoms with Crippen molar-refractivity contribution in [3.8, 4) is 11.7 Å². The lowest BCUT2D eigenvalue weighted by Crippen LogP contribution is -2.43.